The fourth-order valence-electron chi connectivity index (χ4n) is 1.76. The number of halogens is 4. The van der Waals surface area contributed by atoms with Crippen molar-refractivity contribution in [1.29, 1.82) is 0 Å². The zero-order valence-corrected chi connectivity index (χ0v) is 11.9. The van der Waals surface area contributed by atoms with Gasteiger partial charge in [-0.2, -0.15) is 24.9 Å². The van der Waals surface area contributed by atoms with Gasteiger partial charge in [-0.25, -0.2) is 9.18 Å². The molecule has 9 heteroatoms. The number of thioether (sulfide) groups is 1. The summed E-state index contributed by atoms with van der Waals surface area (Å²) in [5.74, 6) is -2.97. The zero-order valence-electron chi connectivity index (χ0n) is 11.1. The lowest BCUT2D eigenvalue weighted by molar-refractivity contribution is -0.192. The van der Waals surface area contributed by atoms with E-state index in [-0.39, 0.29) is 5.82 Å². The van der Waals surface area contributed by atoms with Crippen LogP contribution in [0.25, 0.3) is 0 Å². The molecule has 4 nitrogen and oxygen atoms in total. The molecule has 1 aliphatic rings. The Labute approximate surface area is 123 Å². The van der Waals surface area contributed by atoms with Crippen LogP contribution in [0.1, 0.15) is 6.42 Å². The molecule has 0 aliphatic carbocycles. The van der Waals surface area contributed by atoms with Gasteiger partial charge in [0, 0.05) is 24.5 Å². The molecule has 0 aromatic carbocycles. The van der Waals surface area contributed by atoms with Crippen LogP contribution in [0.3, 0.4) is 0 Å². The van der Waals surface area contributed by atoms with Gasteiger partial charge in [-0.1, -0.05) is 0 Å². The summed E-state index contributed by atoms with van der Waals surface area (Å²) in [5, 5.41) is 7.77. The van der Waals surface area contributed by atoms with Crippen LogP contribution in [0.5, 0.6) is 0 Å². The van der Waals surface area contributed by atoms with E-state index < -0.39 is 12.1 Å². The molecule has 2 rings (SSSR count). The second-order valence-corrected chi connectivity index (χ2v) is 5.36. The molecule has 1 aliphatic heterocycles. The second kappa shape index (κ2) is 7.48. The molecule has 1 N–H and O–H groups in total. The van der Waals surface area contributed by atoms with Crippen molar-refractivity contribution in [2.45, 2.75) is 17.8 Å². The Hall–Kier alpha value is -1.51. The van der Waals surface area contributed by atoms with Crippen molar-refractivity contribution < 1.29 is 27.5 Å². The van der Waals surface area contributed by atoms with Gasteiger partial charge >= 0.3 is 12.1 Å². The average Bonchev–Trinajstić information content (AvgIpc) is 2.87. The quantitative estimate of drug-likeness (QED) is 0.847. The molecule has 1 aromatic rings. The summed E-state index contributed by atoms with van der Waals surface area (Å²) >= 11 is 1.86. The third-order valence-electron chi connectivity index (χ3n) is 2.81. The number of hydrogen-bond acceptors (Lipinski definition) is 4. The van der Waals surface area contributed by atoms with Crippen LogP contribution >= 0.6 is 11.8 Å². The number of carboxylic acids is 1. The lowest BCUT2D eigenvalue weighted by atomic mass is 10.3. The van der Waals surface area contributed by atoms with E-state index in [0.717, 1.165) is 19.5 Å². The van der Waals surface area contributed by atoms with Crippen molar-refractivity contribution >= 4 is 23.4 Å². The Kier molecular flexibility index (Phi) is 6.25. The SMILES string of the molecule is CSC1CCN(c2ccncc2F)C1.O=C(O)C(F)(F)F. The summed E-state index contributed by atoms with van der Waals surface area (Å²) in [5.41, 5.74) is 0.691. The van der Waals surface area contributed by atoms with Crippen LogP contribution in [0, 0.1) is 5.82 Å². The molecule has 0 amide bonds. The molecule has 1 unspecified atom stereocenters. The van der Waals surface area contributed by atoms with Gasteiger partial charge in [-0.05, 0) is 18.7 Å². The van der Waals surface area contributed by atoms with Crippen molar-refractivity contribution in [2.75, 3.05) is 24.2 Å². The molecule has 0 saturated carbocycles. The number of anilines is 1. The highest BCUT2D eigenvalue weighted by atomic mass is 32.2. The lowest BCUT2D eigenvalue weighted by Crippen LogP contribution is -2.21. The Morgan fingerprint density at radius 2 is 2.14 bits per heavy atom. The smallest absolute Gasteiger partial charge is 0.475 e. The molecule has 1 fully saturated rings. The van der Waals surface area contributed by atoms with Gasteiger partial charge in [0.2, 0.25) is 0 Å². The first-order valence-electron chi connectivity index (χ1n) is 5.93. The molecule has 1 atom stereocenters. The summed E-state index contributed by atoms with van der Waals surface area (Å²) in [6.07, 6.45) is 1.09. The highest BCUT2D eigenvalue weighted by Gasteiger charge is 2.38. The second-order valence-electron chi connectivity index (χ2n) is 4.22. The fourth-order valence-corrected chi connectivity index (χ4v) is 2.43. The minimum absolute atomic E-state index is 0.214. The van der Waals surface area contributed by atoms with E-state index in [9.17, 15) is 17.6 Å². The van der Waals surface area contributed by atoms with Crippen LogP contribution in [-0.4, -0.2) is 46.8 Å². The number of carbonyl (C=O) groups is 1. The van der Waals surface area contributed by atoms with E-state index in [1.54, 1.807) is 12.3 Å². The molecule has 118 valence electrons. The Morgan fingerprint density at radius 3 is 2.57 bits per heavy atom. The number of carboxylic acid groups (broad SMARTS) is 1. The maximum absolute atomic E-state index is 13.4. The summed E-state index contributed by atoms with van der Waals surface area (Å²) in [4.78, 5) is 14.7. The van der Waals surface area contributed by atoms with E-state index in [1.807, 2.05) is 11.8 Å². The first-order chi connectivity index (χ1) is 9.75. The molecule has 0 spiro atoms. The number of hydrogen-bond donors (Lipinski definition) is 1. The predicted molar refractivity (Wildman–Crippen MR) is 72.0 cm³/mol. The number of pyridine rings is 1. The van der Waals surface area contributed by atoms with Gasteiger partial charge < -0.3 is 10.0 Å². The van der Waals surface area contributed by atoms with Crippen LogP contribution < -0.4 is 4.90 Å². The van der Waals surface area contributed by atoms with Crippen LogP contribution in [-0.2, 0) is 4.79 Å². The lowest BCUT2D eigenvalue weighted by Gasteiger charge is -2.18. The van der Waals surface area contributed by atoms with Crippen LogP contribution in [0.15, 0.2) is 18.5 Å². The highest BCUT2D eigenvalue weighted by molar-refractivity contribution is 7.99. The maximum atomic E-state index is 13.4. The van der Waals surface area contributed by atoms with Gasteiger partial charge in [0.25, 0.3) is 0 Å². The van der Waals surface area contributed by atoms with Crippen molar-refractivity contribution in [3.05, 3.63) is 24.3 Å². The molecule has 1 saturated heterocycles. The summed E-state index contributed by atoms with van der Waals surface area (Å²) in [6, 6.07) is 1.75. The number of alkyl halides is 3. The third-order valence-corrected chi connectivity index (χ3v) is 3.86. The molecule has 0 radical (unpaired) electrons. The topological polar surface area (TPSA) is 53.4 Å². The number of aromatic nitrogens is 1. The Bertz CT molecular complexity index is 485. The maximum Gasteiger partial charge on any atom is 0.490 e. The molecule has 0 bridgehead atoms. The molecule has 1 aromatic heterocycles. The first kappa shape index (κ1) is 17.5. The summed E-state index contributed by atoms with van der Waals surface area (Å²) in [6.45, 7) is 1.90. The average molecular weight is 326 g/mol. The van der Waals surface area contributed by atoms with Crippen LogP contribution in [0.4, 0.5) is 23.2 Å². The van der Waals surface area contributed by atoms with Gasteiger partial charge in [0.1, 0.15) is 0 Å². The van der Waals surface area contributed by atoms with Crippen molar-refractivity contribution in [1.82, 2.24) is 4.98 Å². The van der Waals surface area contributed by atoms with Gasteiger partial charge in [-0.15, -0.1) is 0 Å². The number of nitrogens with zero attached hydrogens (tertiary/aromatic N) is 2. The van der Waals surface area contributed by atoms with Gasteiger partial charge in [-0.3, -0.25) is 4.98 Å². The predicted octanol–water partition coefficient (Wildman–Crippen LogP) is 2.80. The first-order valence-corrected chi connectivity index (χ1v) is 7.22. The summed E-state index contributed by atoms with van der Waals surface area (Å²) < 4.78 is 45.1. The molecule has 21 heavy (non-hydrogen) atoms. The minimum atomic E-state index is -5.08. The van der Waals surface area contributed by atoms with Crippen LogP contribution in [0.2, 0.25) is 0 Å². The van der Waals surface area contributed by atoms with Crippen molar-refractivity contribution in [3.63, 3.8) is 0 Å². The van der Waals surface area contributed by atoms with E-state index in [2.05, 4.69) is 16.1 Å². The highest BCUT2D eigenvalue weighted by Crippen LogP contribution is 2.26. The van der Waals surface area contributed by atoms with Crippen molar-refractivity contribution in [3.8, 4) is 0 Å². The zero-order chi connectivity index (χ0) is 16.0. The van der Waals surface area contributed by atoms with Crippen molar-refractivity contribution in [2.24, 2.45) is 0 Å². The molecular weight excluding hydrogens is 312 g/mol. The fraction of sp³-hybridized carbons (Fsp3) is 0.500. The minimum Gasteiger partial charge on any atom is -0.475 e. The van der Waals surface area contributed by atoms with E-state index >= 15 is 0 Å². The Morgan fingerprint density at radius 1 is 1.52 bits per heavy atom. The van der Waals surface area contributed by atoms with Gasteiger partial charge in [0.05, 0.1) is 11.9 Å². The monoisotopic (exact) mass is 326 g/mol. The normalized spacial score (nSPS) is 18.1. The largest absolute Gasteiger partial charge is 0.490 e. The number of rotatable bonds is 2. The van der Waals surface area contributed by atoms with E-state index in [1.165, 1.54) is 6.20 Å². The molecular formula is C12H14F4N2O2S. The Balaban J connectivity index is 0.000000270. The summed E-state index contributed by atoms with van der Waals surface area (Å²) in [7, 11) is 0. The molecule has 2 heterocycles. The standard InChI is InChI=1S/C10H13FN2S.C2HF3O2/c1-14-8-3-5-13(7-8)10-2-4-12-6-9(10)11;3-2(4,5)1(6)7/h2,4,6,8H,3,5,7H2,1H3;(H,6,7). The van der Waals surface area contributed by atoms with E-state index in [4.69, 9.17) is 9.90 Å². The van der Waals surface area contributed by atoms with E-state index in [0.29, 0.717) is 10.9 Å². The number of aliphatic carboxylic acids is 1. The van der Waals surface area contributed by atoms with Gasteiger partial charge in [0.15, 0.2) is 5.82 Å². The third kappa shape index (κ3) is 5.41.